The number of H-pyrrole nitrogens is 1. The Morgan fingerprint density at radius 3 is 2.60 bits per heavy atom. The lowest BCUT2D eigenvalue weighted by molar-refractivity contribution is 0.627. The van der Waals surface area contributed by atoms with E-state index in [4.69, 9.17) is 17.3 Å². The van der Waals surface area contributed by atoms with Crippen LogP contribution in [0.25, 0.3) is 11.3 Å². The molecule has 0 aliphatic heterocycles. The Morgan fingerprint density at radius 2 is 2.07 bits per heavy atom. The topological polar surface area (TPSA) is 54.7 Å². The molecule has 1 aromatic carbocycles. The average Bonchev–Trinajstić information content (AvgIpc) is 2.49. The Bertz CT molecular complexity index is 510. The minimum absolute atomic E-state index is 0.0532. The first-order chi connectivity index (χ1) is 7.09. The molecule has 0 fully saturated rings. The van der Waals surface area contributed by atoms with E-state index in [1.165, 1.54) is 12.1 Å². The molecule has 78 valence electrons. The molecule has 2 rings (SSSR count). The van der Waals surface area contributed by atoms with Gasteiger partial charge < -0.3 is 5.73 Å². The Labute approximate surface area is 88.9 Å². The van der Waals surface area contributed by atoms with E-state index in [2.05, 4.69) is 10.2 Å². The van der Waals surface area contributed by atoms with Crippen LogP contribution in [0.15, 0.2) is 18.2 Å². The highest BCUT2D eigenvalue weighted by Gasteiger charge is 2.14. The van der Waals surface area contributed by atoms with E-state index < -0.39 is 11.6 Å². The highest BCUT2D eigenvalue weighted by Crippen LogP contribution is 2.30. The molecule has 0 amide bonds. The van der Waals surface area contributed by atoms with Crippen molar-refractivity contribution in [1.82, 2.24) is 10.2 Å². The number of hydrogen-bond donors (Lipinski definition) is 2. The lowest BCUT2D eigenvalue weighted by Gasteiger charge is -2.01. The summed E-state index contributed by atoms with van der Waals surface area (Å²) in [6, 6.07) is 3.62. The van der Waals surface area contributed by atoms with Crippen molar-refractivity contribution in [2.24, 2.45) is 0 Å². The van der Waals surface area contributed by atoms with E-state index in [0.29, 0.717) is 5.56 Å². The van der Waals surface area contributed by atoms with Crippen LogP contribution in [0.3, 0.4) is 0 Å². The molecule has 6 heteroatoms. The number of hydrogen-bond acceptors (Lipinski definition) is 2. The number of anilines is 1. The van der Waals surface area contributed by atoms with Crippen molar-refractivity contribution in [1.29, 1.82) is 0 Å². The SMILES string of the molecule is Nc1n[nH]c(-c2ccc(F)cc2Cl)c1F. The molecule has 0 unspecified atom stereocenters. The van der Waals surface area contributed by atoms with Crippen LogP contribution in [-0.4, -0.2) is 10.2 Å². The van der Waals surface area contributed by atoms with Crippen LogP contribution in [-0.2, 0) is 0 Å². The fraction of sp³-hybridized carbons (Fsp3) is 0. The van der Waals surface area contributed by atoms with Crippen LogP contribution >= 0.6 is 11.6 Å². The summed E-state index contributed by atoms with van der Waals surface area (Å²) >= 11 is 5.75. The number of nitrogens with one attached hydrogen (secondary N) is 1. The minimum Gasteiger partial charge on any atom is -0.380 e. The minimum atomic E-state index is -0.691. The molecule has 0 aliphatic rings. The van der Waals surface area contributed by atoms with Gasteiger partial charge in [-0.05, 0) is 18.2 Å². The highest BCUT2D eigenvalue weighted by molar-refractivity contribution is 6.33. The number of aromatic amines is 1. The van der Waals surface area contributed by atoms with Crippen molar-refractivity contribution in [3.8, 4) is 11.3 Å². The van der Waals surface area contributed by atoms with Crippen LogP contribution in [0.4, 0.5) is 14.6 Å². The first-order valence-corrected chi connectivity index (χ1v) is 4.42. The second-order valence-electron chi connectivity index (χ2n) is 2.92. The monoisotopic (exact) mass is 229 g/mol. The summed E-state index contributed by atoms with van der Waals surface area (Å²) < 4.78 is 26.1. The van der Waals surface area contributed by atoms with E-state index >= 15 is 0 Å². The van der Waals surface area contributed by atoms with Crippen LogP contribution in [0.1, 0.15) is 0 Å². The summed E-state index contributed by atoms with van der Waals surface area (Å²) in [6.45, 7) is 0. The predicted molar refractivity (Wildman–Crippen MR) is 53.4 cm³/mol. The third-order valence-corrected chi connectivity index (χ3v) is 2.25. The fourth-order valence-corrected chi connectivity index (χ4v) is 1.47. The largest absolute Gasteiger partial charge is 0.380 e. The first-order valence-electron chi connectivity index (χ1n) is 4.04. The van der Waals surface area contributed by atoms with Crippen molar-refractivity contribution in [3.63, 3.8) is 0 Å². The van der Waals surface area contributed by atoms with Gasteiger partial charge >= 0.3 is 0 Å². The van der Waals surface area contributed by atoms with Gasteiger partial charge in [-0.1, -0.05) is 11.6 Å². The van der Waals surface area contributed by atoms with Gasteiger partial charge in [-0.15, -0.1) is 0 Å². The van der Waals surface area contributed by atoms with Gasteiger partial charge in [-0.3, -0.25) is 5.10 Å². The molecule has 0 atom stereocenters. The zero-order valence-electron chi connectivity index (χ0n) is 7.39. The normalized spacial score (nSPS) is 10.6. The summed E-state index contributed by atoms with van der Waals surface area (Å²) in [6.07, 6.45) is 0. The van der Waals surface area contributed by atoms with Gasteiger partial charge in [0.25, 0.3) is 0 Å². The lowest BCUT2D eigenvalue weighted by atomic mass is 10.1. The number of halogens is 3. The number of nitrogens with two attached hydrogens (primary N) is 1. The van der Waals surface area contributed by atoms with Crippen LogP contribution in [0.5, 0.6) is 0 Å². The standard InChI is InChI=1S/C9H6ClF2N3/c10-6-3-4(11)1-2-5(6)8-7(12)9(13)15-14-8/h1-3H,(H3,13,14,15). The van der Waals surface area contributed by atoms with Gasteiger partial charge in [0.05, 0.1) is 5.02 Å². The molecular formula is C9H6ClF2N3. The van der Waals surface area contributed by atoms with Gasteiger partial charge in [0.1, 0.15) is 11.5 Å². The molecular weight excluding hydrogens is 224 g/mol. The van der Waals surface area contributed by atoms with Crippen LogP contribution in [0.2, 0.25) is 5.02 Å². The summed E-state index contributed by atoms with van der Waals surface area (Å²) in [5, 5.41) is 5.97. The molecule has 1 heterocycles. The van der Waals surface area contributed by atoms with Crippen molar-refractivity contribution in [2.45, 2.75) is 0 Å². The molecule has 0 aliphatic carbocycles. The van der Waals surface area contributed by atoms with E-state index in [0.717, 1.165) is 6.07 Å². The molecule has 0 radical (unpaired) electrons. The second-order valence-corrected chi connectivity index (χ2v) is 3.33. The molecule has 3 N–H and O–H groups in total. The maximum atomic E-state index is 13.4. The van der Waals surface area contributed by atoms with E-state index in [9.17, 15) is 8.78 Å². The zero-order valence-corrected chi connectivity index (χ0v) is 8.15. The Kier molecular flexibility index (Phi) is 2.32. The number of rotatable bonds is 1. The van der Waals surface area contributed by atoms with Crippen molar-refractivity contribution in [2.75, 3.05) is 5.73 Å². The number of aromatic nitrogens is 2. The first kappa shape index (κ1) is 9.92. The third kappa shape index (κ3) is 1.66. The fourth-order valence-electron chi connectivity index (χ4n) is 1.21. The van der Waals surface area contributed by atoms with Gasteiger partial charge in [0, 0.05) is 5.56 Å². The quantitative estimate of drug-likeness (QED) is 0.790. The Balaban J connectivity index is 2.59. The molecule has 0 saturated carbocycles. The maximum Gasteiger partial charge on any atom is 0.192 e. The highest BCUT2D eigenvalue weighted by atomic mass is 35.5. The van der Waals surface area contributed by atoms with Gasteiger partial charge in [0.15, 0.2) is 11.6 Å². The van der Waals surface area contributed by atoms with Crippen molar-refractivity contribution < 1.29 is 8.78 Å². The van der Waals surface area contributed by atoms with Crippen LogP contribution in [0, 0.1) is 11.6 Å². The molecule has 0 spiro atoms. The molecule has 0 bridgehead atoms. The average molecular weight is 230 g/mol. The number of nitrogens with zero attached hydrogens (tertiary/aromatic N) is 1. The predicted octanol–water partition coefficient (Wildman–Crippen LogP) is 2.59. The van der Waals surface area contributed by atoms with Gasteiger partial charge in [-0.2, -0.15) is 5.10 Å². The van der Waals surface area contributed by atoms with E-state index in [-0.39, 0.29) is 16.5 Å². The summed E-state index contributed by atoms with van der Waals surface area (Å²) in [5.41, 5.74) is 5.60. The molecule has 2 aromatic rings. The smallest absolute Gasteiger partial charge is 0.192 e. The van der Waals surface area contributed by atoms with Gasteiger partial charge in [-0.25, -0.2) is 8.78 Å². The Hall–Kier alpha value is -1.62. The Morgan fingerprint density at radius 1 is 1.33 bits per heavy atom. The molecule has 3 nitrogen and oxygen atoms in total. The third-order valence-electron chi connectivity index (χ3n) is 1.93. The maximum absolute atomic E-state index is 13.4. The summed E-state index contributed by atoms with van der Waals surface area (Å²) in [5.74, 6) is -1.43. The summed E-state index contributed by atoms with van der Waals surface area (Å²) in [4.78, 5) is 0. The zero-order chi connectivity index (χ0) is 11.0. The second kappa shape index (κ2) is 3.51. The van der Waals surface area contributed by atoms with Crippen LogP contribution < -0.4 is 5.73 Å². The number of nitrogen functional groups attached to an aromatic ring is 1. The van der Waals surface area contributed by atoms with Crippen molar-refractivity contribution >= 4 is 17.4 Å². The van der Waals surface area contributed by atoms with Gasteiger partial charge in [0.2, 0.25) is 0 Å². The number of benzene rings is 1. The molecule has 15 heavy (non-hydrogen) atoms. The van der Waals surface area contributed by atoms with Crippen molar-refractivity contribution in [3.05, 3.63) is 34.9 Å². The van der Waals surface area contributed by atoms with E-state index in [1.807, 2.05) is 0 Å². The summed E-state index contributed by atoms with van der Waals surface area (Å²) in [7, 11) is 0. The lowest BCUT2D eigenvalue weighted by Crippen LogP contribution is -1.88. The van der Waals surface area contributed by atoms with E-state index in [1.54, 1.807) is 0 Å². The molecule has 0 saturated heterocycles. The molecule has 1 aromatic heterocycles.